The molecule has 1 atom stereocenters. The fraction of sp³-hybridized carbons (Fsp3) is 0.714. The molecular weight excluding hydrogens is 224 g/mol. The third kappa shape index (κ3) is 2.99. The summed E-state index contributed by atoms with van der Waals surface area (Å²) in [5, 5.41) is 3.20. The normalized spacial score (nSPS) is 20.2. The van der Waals surface area contributed by atoms with E-state index in [0.29, 0.717) is 0 Å². The van der Waals surface area contributed by atoms with E-state index < -0.39 is 0 Å². The van der Waals surface area contributed by atoms with Crippen molar-refractivity contribution in [2.75, 3.05) is 25.0 Å². The lowest BCUT2D eigenvalue weighted by Gasteiger charge is -2.34. The van der Waals surface area contributed by atoms with Gasteiger partial charge >= 0.3 is 0 Å². The number of nitrogens with zero attached hydrogens (tertiary/aromatic N) is 3. The monoisotopic (exact) mass is 248 g/mol. The Bertz CT molecular complexity index is 391. The van der Waals surface area contributed by atoms with Gasteiger partial charge in [0.15, 0.2) is 0 Å². The van der Waals surface area contributed by atoms with Crippen molar-refractivity contribution in [3.63, 3.8) is 0 Å². The molecule has 1 saturated heterocycles. The van der Waals surface area contributed by atoms with Crippen molar-refractivity contribution in [1.82, 2.24) is 15.3 Å². The molecule has 0 radical (unpaired) electrons. The summed E-state index contributed by atoms with van der Waals surface area (Å²) in [6, 6.07) is 0. The summed E-state index contributed by atoms with van der Waals surface area (Å²) in [6.07, 6.45) is 5.87. The predicted molar refractivity (Wildman–Crippen MR) is 74.8 cm³/mol. The molecule has 0 spiro atoms. The quantitative estimate of drug-likeness (QED) is 0.886. The Hall–Kier alpha value is -1.16. The highest BCUT2D eigenvalue weighted by atomic mass is 15.2. The highest BCUT2D eigenvalue weighted by molar-refractivity contribution is 5.46. The second kappa shape index (κ2) is 6.14. The molecule has 0 bridgehead atoms. The van der Waals surface area contributed by atoms with E-state index in [2.05, 4.69) is 27.1 Å². The minimum absolute atomic E-state index is 0.816. The van der Waals surface area contributed by atoms with Crippen LogP contribution in [-0.2, 0) is 6.54 Å². The van der Waals surface area contributed by atoms with Gasteiger partial charge in [0.25, 0.3) is 0 Å². The first-order valence-corrected chi connectivity index (χ1v) is 6.96. The van der Waals surface area contributed by atoms with Crippen molar-refractivity contribution in [3.05, 3.63) is 17.6 Å². The highest BCUT2D eigenvalue weighted by Crippen LogP contribution is 2.25. The van der Waals surface area contributed by atoms with Gasteiger partial charge in [-0.15, -0.1) is 0 Å². The van der Waals surface area contributed by atoms with Gasteiger partial charge in [0, 0.05) is 31.4 Å². The van der Waals surface area contributed by atoms with Crippen LogP contribution >= 0.6 is 0 Å². The van der Waals surface area contributed by atoms with E-state index in [9.17, 15) is 0 Å². The molecule has 0 amide bonds. The minimum atomic E-state index is 0.816. The first-order valence-electron chi connectivity index (χ1n) is 6.96. The molecule has 4 nitrogen and oxygen atoms in total. The summed E-state index contributed by atoms with van der Waals surface area (Å²) < 4.78 is 0. The number of piperidine rings is 1. The molecule has 2 rings (SSSR count). The zero-order chi connectivity index (χ0) is 13.0. The lowest BCUT2D eigenvalue weighted by molar-refractivity contribution is 0.402. The molecule has 0 aliphatic carbocycles. The van der Waals surface area contributed by atoms with E-state index in [4.69, 9.17) is 0 Å². The first-order chi connectivity index (χ1) is 8.74. The average molecular weight is 248 g/mol. The van der Waals surface area contributed by atoms with Gasteiger partial charge < -0.3 is 10.2 Å². The molecule has 1 N–H and O–H groups in total. The van der Waals surface area contributed by atoms with Crippen LogP contribution in [-0.4, -0.2) is 30.1 Å². The summed E-state index contributed by atoms with van der Waals surface area (Å²) >= 11 is 0. The maximum absolute atomic E-state index is 4.66. The van der Waals surface area contributed by atoms with Gasteiger partial charge in [0.1, 0.15) is 11.6 Å². The SMILES string of the molecule is CCC1CCCN(c2nc(C)ncc2CNC)C1. The summed E-state index contributed by atoms with van der Waals surface area (Å²) in [5.41, 5.74) is 1.21. The minimum Gasteiger partial charge on any atom is -0.356 e. The molecule has 1 aromatic heterocycles. The van der Waals surface area contributed by atoms with Crippen LogP contribution in [0.4, 0.5) is 5.82 Å². The van der Waals surface area contributed by atoms with Crippen molar-refractivity contribution < 1.29 is 0 Å². The van der Waals surface area contributed by atoms with Crippen molar-refractivity contribution in [3.8, 4) is 0 Å². The fourth-order valence-corrected chi connectivity index (χ4v) is 2.66. The maximum atomic E-state index is 4.66. The number of aromatic nitrogens is 2. The van der Waals surface area contributed by atoms with Gasteiger partial charge in [-0.2, -0.15) is 0 Å². The molecule has 1 unspecified atom stereocenters. The van der Waals surface area contributed by atoms with E-state index in [1.807, 2.05) is 20.2 Å². The van der Waals surface area contributed by atoms with E-state index >= 15 is 0 Å². The molecule has 1 aliphatic rings. The first kappa shape index (κ1) is 13.3. The Morgan fingerprint density at radius 2 is 2.33 bits per heavy atom. The third-order valence-corrected chi connectivity index (χ3v) is 3.73. The molecule has 100 valence electrons. The molecule has 1 aromatic rings. The van der Waals surface area contributed by atoms with Crippen LogP contribution in [0.15, 0.2) is 6.20 Å². The molecule has 1 aliphatic heterocycles. The van der Waals surface area contributed by atoms with Crippen molar-refractivity contribution in [2.45, 2.75) is 39.7 Å². The summed E-state index contributed by atoms with van der Waals surface area (Å²) in [5.74, 6) is 2.81. The van der Waals surface area contributed by atoms with E-state index in [1.165, 1.54) is 24.8 Å². The molecule has 2 heterocycles. The largest absolute Gasteiger partial charge is 0.356 e. The number of hydrogen-bond donors (Lipinski definition) is 1. The van der Waals surface area contributed by atoms with Crippen LogP contribution in [0.5, 0.6) is 0 Å². The standard InChI is InChI=1S/C14H24N4/c1-4-12-6-5-7-18(10-12)14-13(8-15-3)9-16-11(2)17-14/h9,12,15H,4-8,10H2,1-3H3. The number of anilines is 1. The molecule has 0 aromatic carbocycles. The van der Waals surface area contributed by atoms with Gasteiger partial charge in [0.2, 0.25) is 0 Å². The Morgan fingerprint density at radius 1 is 1.50 bits per heavy atom. The Morgan fingerprint density at radius 3 is 3.06 bits per heavy atom. The number of rotatable bonds is 4. The van der Waals surface area contributed by atoms with Crippen molar-refractivity contribution in [1.29, 1.82) is 0 Å². The highest BCUT2D eigenvalue weighted by Gasteiger charge is 2.21. The lowest BCUT2D eigenvalue weighted by atomic mass is 9.95. The second-order valence-corrected chi connectivity index (χ2v) is 5.16. The van der Waals surface area contributed by atoms with E-state index in [0.717, 1.165) is 37.2 Å². The van der Waals surface area contributed by atoms with Crippen LogP contribution in [0.3, 0.4) is 0 Å². The zero-order valence-corrected chi connectivity index (χ0v) is 11.7. The molecule has 1 fully saturated rings. The van der Waals surface area contributed by atoms with Crippen molar-refractivity contribution >= 4 is 5.82 Å². The summed E-state index contributed by atoms with van der Waals surface area (Å²) in [6.45, 7) is 7.36. The van der Waals surface area contributed by atoms with Gasteiger partial charge in [0.05, 0.1) is 0 Å². The predicted octanol–water partition coefficient (Wildman–Crippen LogP) is 2.13. The van der Waals surface area contributed by atoms with Crippen LogP contribution < -0.4 is 10.2 Å². The van der Waals surface area contributed by atoms with Gasteiger partial charge in [-0.1, -0.05) is 13.3 Å². The average Bonchev–Trinajstić information content (AvgIpc) is 2.41. The van der Waals surface area contributed by atoms with Gasteiger partial charge in [-0.3, -0.25) is 0 Å². The van der Waals surface area contributed by atoms with Gasteiger partial charge in [-0.05, 0) is 32.7 Å². The fourth-order valence-electron chi connectivity index (χ4n) is 2.66. The molecular formula is C14H24N4. The lowest BCUT2D eigenvalue weighted by Crippen LogP contribution is -2.36. The van der Waals surface area contributed by atoms with Crippen LogP contribution in [0.1, 0.15) is 37.6 Å². The number of aryl methyl sites for hydroxylation is 1. The van der Waals surface area contributed by atoms with Crippen LogP contribution in [0, 0.1) is 12.8 Å². The second-order valence-electron chi connectivity index (χ2n) is 5.16. The smallest absolute Gasteiger partial charge is 0.136 e. The molecule has 18 heavy (non-hydrogen) atoms. The van der Waals surface area contributed by atoms with Crippen LogP contribution in [0.2, 0.25) is 0 Å². The van der Waals surface area contributed by atoms with E-state index in [-0.39, 0.29) is 0 Å². The van der Waals surface area contributed by atoms with Crippen molar-refractivity contribution in [2.24, 2.45) is 5.92 Å². The third-order valence-electron chi connectivity index (χ3n) is 3.73. The number of hydrogen-bond acceptors (Lipinski definition) is 4. The Kier molecular flexibility index (Phi) is 4.53. The molecule has 4 heteroatoms. The zero-order valence-electron chi connectivity index (χ0n) is 11.7. The summed E-state index contributed by atoms with van der Waals surface area (Å²) in [7, 11) is 1.97. The Balaban J connectivity index is 2.22. The van der Waals surface area contributed by atoms with Gasteiger partial charge in [-0.25, -0.2) is 9.97 Å². The molecule has 0 saturated carbocycles. The maximum Gasteiger partial charge on any atom is 0.136 e. The van der Waals surface area contributed by atoms with Crippen LogP contribution in [0.25, 0.3) is 0 Å². The number of nitrogens with one attached hydrogen (secondary N) is 1. The van der Waals surface area contributed by atoms with E-state index in [1.54, 1.807) is 0 Å². The Labute approximate surface area is 110 Å². The summed E-state index contributed by atoms with van der Waals surface area (Å²) in [4.78, 5) is 11.4. The topological polar surface area (TPSA) is 41.1 Å².